The monoisotopic (exact) mass is 328 g/mol. The molecule has 1 aliphatic heterocycles. The molecular formula is C12H13BrN2O4. The zero-order chi connectivity index (χ0) is 14.0. The summed E-state index contributed by atoms with van der Waals surface area (Å²) < 4.78 is 0.893. The molecule has 1 fully saturated rings. The number of benzene rings is 1. The lowest BCUT2D eigenvalue weighted by Gasteiger charge is -2.38. The van der Waals surface area contributed by atoms with Gasteiger partial charge in [-0.15, -0.1) is 0 Å². The van der Waals surface area contributed by atoms with Gasteiger partial charge >= 0.3 is 12.2 Å². The van der Waals surface area contributed by atoms with Gasteiger partial charge in [-0.25, -0.2) is 9.59 Å². The number of carboxylic acid groups (broad SMARTS) is 2. The molecule has 0 unspecified atom stereocenters. The summed E-state index contributed by atoms with van der Waals surface area (Å²) in [6, 6.07) is 6.77. The fourth-order valence-electron chi connectivity index (χ4n) is 2.16. The molecule has 0 aromatic heterocycles. The Balaban J connectivity index is 2.27. The topological polar surface area (TPSA) is 81.1 Å². The molecule has 0 radical (unpaired) electrons. The van der Waals surface area contributed by atoms with E-state index in [-0.39, 0.29) is 19.6 Å². The molecule has 2 rings (SSSR count). The van der Waals surface area contributed by atoms with E-state index in [1.165, 1.54) is 9.80 Å². The van der Waals surface area contributed by atoms with Crippen LogP contribution in [0.15, 0.2) is 28.7 Å². The van der Waals surface area contributed by atoms with Gasteiger partial charge in [-0.05, 0) is 17.7 Å². The number of hydrogen-bond donors (Lipinski definition) is 2. The highest BCUT2D eigenvalue weighted by Crippen LogP contribution is 2.26. The summed E-state index contributed by atoms with van der Waals surface area (Å²) in [4.78, 5) is 24.8. The zero-order valence-corrected chi connectivity index (χ0v) is 11.6. The standard InChI is InChI=1S/C12H13BrN2O4/c13-9-3-1-8(2-4-9)10-7-14(11(16)17)5-6-15(10)12(18)19/h1-4,10H,5-7H2,(H,16,17)(H,18,19)/t10-/m1/s1. The van der Waals surface area contributed by atoms with Crippen LogP contribution in [0.5, 0.6) is 0 Å². The smallest absolute Gasteiger partial charge is 0.407 e. The minimum Gasteiger partial charge on any atom is -0.465 e. The van der Waals surface area contributed by atoms with Crippen LogP contribution in [0.1, 0.15) is 11.6 Å². The molecule has 102 valence electrons. The van der Waals surface area contributed by atoms with Crippen LogP contribution in [0, 0.1) is 0 Å². The first-order chi connectivity index (χ1) is 8.99. The van der Waals surface area contributed by atoms with Crippen molar-refractivity contribution in [3.05, 3.63) is 34.3 Å². The van der Waals surface area contributed by atoms with Crippen molar-refractivity contribution in [3.8, 4) is 0 Å². The summed E-state index contributed by atoms with van der Waals surface area (Å²) in [6.07, 6.45) is -2.05. The molecule has 1 atom stereocenters. The van der Waals surface area contributed by atoms with Gasteiger partial charge in [-0.1, -0.05) is 28.1 Å². The Morgan fingerprint density at radius 3 is 2.26 bits per heavy atom. The fraction of sp³-hybridized carbons (Fsp3) is 0.333. The highest BCUT2D eigenvalue weighted by Gasteiger charge is 2.33. The molecule has 1 aliphatic rings. The fourth-order valence-corrected chi connectivity index (χ4v) is 2.42. The van der Waals surface area contributed by atoms with E-state index in [4.69, 9.17) is 5.11 Å². The number of amides is 2. The van der Waals surface area contributed by atoms with Gasteiger partial charge in [0.25, 0.3) is 0 Å². The molecular weight excluding hydrogens is 316 g/mol. The Bertz CT molecular complexity index is 491. The second kappa shape index (κ2) is 5.48. The van der Waals surface area contributed by atoms with Crippen LogP contribution in [0.3, 0.4) is 0 Å². The summed E-state index contributed by atoms with van der Waals surface area (Å²) in [5.74, 6) is 0. The number of rotatable bonds is 1. The van der Waals surface area contributed by atoms with Gasteiger partial charge in [0.05, 0.1) is 6.04 Å². The van der Waals surface area contributed by atoms with Crippen molar-refractivity contribution in [2.75, 3.05) is 19.6 Å². The van der Waals surface area contributed by atoms with Crippen LogP contribution in [0.2, 0.25) is 0 Å². The van der Waals surface area contributed by atoms with E-state index in [1.807, 2.05) is 12.1 Å². The Kier molecular flexibility index (Phi) is 3.94. The Labute approximate surface area is 118 Å². The van der Waals surface area contributed by atoms with E-state index in [9.17, 15) is 14.7 Å². The summed E-state index contributed by atoms with van der Waals surface area (Å²) in [5.41, 5.74) is 0.788. The molecule has 2 amide bonds. The minimum absolute atomic E-state index is 0.156. The van der Waals surface area contributed by atoms with Gasteiger partial charge in [-0.2, -0.15) is 0 Å². The molecule has 0 aliphatic carbocycles. The van der Waals surface area contributed by atoms with Crippen molar-refractivity contribution in [3.63, 3.8) is 0 Å². The number of piperazine rings is 1. The van der Waals surface area contributed by atoms with Crippen molar-refractivity contribution in [1.29, 1.82) is 0 Å². The molecule has 1 heterocycles. The highest BCUT2D eigenvalue weighted by atomic mass is 79.9. The molecule has 0 bridgehead atoms. The molecule has 0 spiro atoms. The van der Waals surface area contributed by atoms with Crippen LogP contribution in [-0.4, -0.2) is 51.8 Å². The SMILES string of the molecule is O=C(O)N1CCN(C(=O)O)[C@@H](c2ccc(Br)cc2)C1. The first kappa shape index (κ1) is 13.7. The Morgan fingerprint density at radius 2 is 1.74 bits per heavy atom. The van der Waals surface area contributed by atoms with E-state index in [0.29, 0.717) is 0 Å². The maximum Gasteiger partial charge on any atom is 0.407 e. The lowest BCUT2D eigenvalue weighted by atomic mass is 10.0. The Hall–Kier alpha value is -1.76. The molecule has 7 heteroatoms. The van der Waals surface area contributed by atoms with Gasteiger partial charge in [0, 0.05) is 24.1 Å². The van der Waals surface area contributed by atoms with Crippen molar-refractivity contribution in [2.24, 2.45) is 0 Å². The first-order valence-corrected chi connectivity index (χ1v) is 6.51. The van der Waals surface area contributed by atoms with Gasteiger partial charge in [0.1, 0.15) is 0 Å². The van der Waals surface area contributed by atoms with Crippen LogP contribution in [0.4, 0.5) is 9.59 Å². The second-order valence-corrected chi connectivity index (χ2v) is 5.19. The number of carbonyl (C=O) groups is 2. The lowest BCUT2D eigenvalue weighted by molar-refractivity contribution is 0.0635. The predicted molar refractivity (Wildman–Crippen MR) is 71.2 cm³/mol. The van der Waals surface area contributed by atoms with Gasteiger partial charge in [-0.3, -0.25) is 4.90 Å². The minimum atomic E-state index is -1.03. The predicted octanol–water partition coefficient (Wildman–Crippen LogP) is 2.46. The largest absolute Gasteiger partial charge is 0.465 e. The normalized spacial score (nSPS) is 19.3. The number of halogens is 1. The van der Waals surface area contributed by atoms with Crippen LogP contribution in [-0.2, 0) is 0 Å². The van der Waals surface area contributed by atoms with Crippen LogP contribution >= 0.6 is 15.9 Å². The molecule has 6 nitrogen and oxygen atoms in total. The molecule has 1 saturated heterocycles. The Morgan fingerprint density at radius 1 is 1.11 bits per heavy atom. The zero-order valence-electron chi connectivity index (χ0n) is 9.99. The molecule has 2 N–H and O–H groups in total. The summed E-state index contributed by atoms with van der Waals surface area (Å²) in [5, 5.41) is 18.2. The van der Waals surface area contributed by atoms with Crippen molar-refractivity contribution in [1.82, 2.24) is 9.80 Å². The van der Waals surface area contributed by atoms with Crippen LogP contribution in [0.25, 0.3) is 0 Å². The maximum atomic E-state index is 11.2. The van der Waals surface area contributed by atoms with Crippen LogP contribution < -0.4 is 0 Å². The third-order valence-corrected chi connectivity index (χ3v) is 3.68. The van der Waals surface area contributed by atoms with Gasteiger partial charge in [0.2, 0.25) is 0 Å². The third-order valence-electron chi connectivity index (χ3n) is 3.15. The van der Waals surface area contributed by atoms with Crippen molar-refractivity contribution < 1.29 is 19.8 Å². The second-order valence-electron chi connectivity index (χ2n) is 4.27. The highest BCUT2D eigenvalue weighted by molar-refractivity contribution is 9.10. The lowest BCUT2D eigenvalue weighted by Crippen LogP contribution is -2.51. The summed E-state index contributed by atoms with van der Waals surface area (Å²) in [7, 11) is 0. The average molecular weight is 329 g/mol. The van der Waals surface area contributed by atoms with E-state index in [2.05, 4.69) is 15.9 Å². The first-order valence-electron chi connectivity index (χ1n) is 5.72. The van der Waals surface area contributed by atoms with E-state index in [0.717, 1.165) is 10.0 Å². The summed E-state index contributed by atoms with van der Waals surface area (Å²) in [6.45, 7) is 0.542. The molecule has 1 aromatic carbocycles. The third kappa shape index (κ3) is 2.98. The molecule has 19 heavy (non-hydrogen) atoms. The van der Waals surface area contributed by atoms with E-state index >= 15 is 0 Å². The average Bonchev–Trinajstić information content (AvgIpc) is 2.38. The summed E-state index contributed by atoms with van der Waals surface area (Å²) >= 11 is 3.31. The van der Waals surface area contributed by atoms with Crippen molar-refractivity contribution in [2.45, 2.75) is 6.04 Å². The molecule has 1 aromatic rings. The van der Waals surface area contributed by atoms with Gasteiger partial charge in [0.15, 0.2) is 0 Å². The maximum absolute atomic E-state index is 11.2. The van der Waals surface area contributed by atoms with Crippen molar-refractivity contribution >= 4 is 28.1 Å². The number of hydrogen-bond acceptors (Lipinski definition) is 2. The number of nitrogens with zero attached hydrogens (tertiary/aromatic N) is 2. The molecule has 0 saturated carbocycles. The quantitative estimate of drug-likeness (QED) is 0.829. The van der Waals surface area contributed by atoms with E-state index in [1.54, 1.807) is 12.1 Å². The van der Waals surface area contributed by atoms with E-state index < -0.39 is 18.2 Å². The van der Waals surface area contributed by atoms with Gasteiger partial charge < -0.3 is 15.1 Å².